The molecule has 0 saturated heterocycles. The summed E-state index contributed by atoms with van der Waals surface area (Å²) in [6, 6.07) is 12.6. The molecular weight excluding hydrogens is 232 g/mol. The Morgan fingerprint density at radius 3 is 2.32 bits per heavy atom. The van der Waals surface area contributed by atoms with Gasteiger partial charge in [-0.3, -0.25) is 0 Å². The minimum Gasteiger partial charge on any atom is -0.489 e. The van der Waals surface area contributed by atoms with E-state index in [9.17, 15) is 0 Å². The van der Waals surface area contributed by atoms with Crippen LogP contribution in [-0.2, 0) is 0 Å². The third kappa shape index (κ3) is 2.87. The summed E-state index contributed by atoms with van der Waals surface area (Å²) in [6.07, 6.45) is 1.77. The van der Waals surface area contributed by atoms with Gasteiger partial charge < -0.3 is 4.74 Å². The molecule has 0 spiro atoms. The molecule has 0 saturated carbocycles. The quantitative estimate of drug-likeness (QED) is 0.707. The summed E-state index contributed by atoms with van der Waals surface area (Å²) in [7, 11) is 0. The predicted molar refractivity (Wildman–Crippen MR) is 81.8 cm³/mol. The molecule has 0 atom stereocenters. The summed E-state index contributed by atoms with van der Waals surface area (Å²) in [6.45, 7) is 10.7. The van der Waals surface area contributed by atoms with E-state index in [-0.39, 0.29) is 0 Å². The minimum atomic E-state index is 0.529. The molecule has 1 nitrogen and oxygen atoms in total. The lowest BCUT2D eigenvalue weighted by molar-refractivity contribution is 0.364. The third-order valence-corrected chi connectivity index (χ3v) is 3.19. The van der Waals surface area contributed by atoms with Gasteiger partial charge in [-0.15, -0.1) is 0 Å². The topological polar surface area (TPSA) is 9.23 Å². The van der Waals surface area contributed by atoms with Gasteiger partial charge in [0, 0.05) is 5.56 Å². The molecule has 19 heavy (non-hydrogen) atoms. The highest BCUT2D eigenvalue weighted by molar-refractivity contribution is 5.76. The highest BCUT2D eigenvalue weighted by atomic mass is 16.5. The van der Waals surface area contributed by atoms with Crippen molar-refractivity contribution >= 4 is 0 Å². The average molecular weight is 252 g/mol. The summed E-state index contributed by atoms with van der Waals surface area (Å²) in [4.78, 5) is 0. The predicted octanol–water partition coefficient (Wildman–Crippen LogP) is 4.84. The Morgan fingerprint density at radius 1 is 1.05 bits per heavy atom. The normalized spacial score (nSPS) is 10.3. The van der Waals surface area contributed by atoms with Crippen LogP contribution in [0.15, 0.2) is 49.1 Å². The fourth-order valence-electron chi connectivity index (χ4n) is 2.55. The van der Waals surface area contributed by atoms with Crippen LogP contribution in [0.3, 0.4) is 0 Å². The van der Waals surface area contributed by atoms with Crippen molar-refractivity contribution in [3.63, 3.8) is 0 Å². The molecule has 2 rings (SSSR count). The minimum absolute atomic E-state index is 0.529. The first-order valence-corrected chi connectivity index (χ1v) is 6.54. The molecule has 0 aromatic heterocycles. The molecule has 1 heteroatoms. The van der Waals surface area contributed by atoms with Crippen molar-refractivity contribution in [1.29, 1.82) is 0 Å². The van der Waals surface area contributed by atoms with Gasteiger partial charge in [0.25, 0.3) is 0 Å². The zero-order valence-electron chi connectivity index (χ0n) is 11.9. The highest BCUT2D eigenvalue weighted by Crippen LogP contribution is 2.35. The monoisotopic (exact) mass is 252 g/mol. The molecule has 0 radical (unpaired) electrons. The Balaban J connectivity index is 2.55. The Morgan fingerprint density at radius 2 is 1.68 bits per heavy atom. The molecule has 0 amide bonds. The molecule has 2 aromatic carbocycles. The summed E-state index contributed by atoms with van der Waals surface area (Å²) >= 11 is 0. The van der Waals surface area contributed by atoms with E-state index in [0.717, 1.165) is 11.3 Å². The zero-order valence-corrected chi connectivity index (χ0v) is 11.9. The molecule has 0 aliphatic carbocycles. The molecule has 0 bridgehead atoms. The van der Waals surface area contributed by atoms with E-state index in [1.54, 1.807) is 6.08 Å². The second-order valence-corrected chi connectivity index (χ2v) is 4.87. The maximum absolute atomic E-state index is 5.76. The van der Waals surface area contributed by atoms with Gasteiger partial charge in [0.05, 0.1) is 0 Å². The Hall–Kier alpha value is -2.02. The van der Waals surface area contributed by atoms with E-state index in [0.29, 0.717) is 6.61 Å². The fraction of sp³-hybridized carbons (Fsp3) is 0.222. The number of hydrogen-bond acceptors (Lipinski definition) is 1. The van der Waals surface area contributed by atoms with E-state index in [4.69, 9.17) is 4.74 Å². The first-order valence-electron chi connectivity index (χ1n) is 6.54. The smallest absolute Gasteiger partial charge is 0.127 e. The number of benzene rings is 2. The second-order valence-electron chi connectivity index (χ2n) is 4.87. The fourth-order valence-corrected chi connectivity index (χ4v) is 2.55. The van der Waals surface area contributed by atoms with Gasteiger partial charge >= 0.3 is 0 Å². The van der Waals surface area contributed by atoms with Crippen molar-refractivity contribution in [3.05, 3.63) is 65.7 Å². The Bertz CT molecular complexity index is 573. The van der Waals surface area contributed by atoms with Crippen molar-refractivity contribution in [3.8, 4) is 16.9 Å². The van der Waals surface area contributed by atoms with Crippen LogP contribution in [0.5, 0.6) is 5.75 Å². The van der Waals surface area contributed by atoms with Gasteiger partial charge in [-0.2, -0.15) is 0 Å². The Kier molecular flexibility index (Phi) is 4.06. The highest BCUT2D eigenvalue weighted by Gasteiger charge is 2.11. The van der Waals surface area contributed by atoms with Crippen molar-refractivity contribution in [2.24, 2.45) is 0 Å². The molecule has 2 aromatic rings. The molecular formula is C18H20O. The number of ether oxygens (including phenoxy) is 1. The molecule has 0 aliphatic rings. The van der Waals surface area contributed by atoms with Crippen LogP contribution in [-0.4, -0.2) is 6.61 Å². The lowest BCUT2D eigenvalue weighted by Gasteiger charge is -2.15. The van der Waals surface area contributed by atoms with Gasteiger partial charge in [-0.25, -0.2) is 0 Å². The van der Waals surface area contributed by atoms with Gasteiger partial charge in [-0.1, -0.05) is 48.6 Å². The molecule has 0 heterocycles. The molecule has 0 unspecified atom stereocenters. The summed E-state index contributed by atoms with van der Waals surface area (Å²) in [5.74, 6) is 0.914. The van der Waals surface area contributed by atoms with Crippen molar-refractivity contribution < 1.29 is 4.74 Å². The molecule has 98 valence electrons. The standard InChI is InChI=1S/C18H20O/c1-5-10-19-17-9-7-6-8-16(17)18-14(3)11-13(2)12-15(18)4/h5-9,11-12H,1,10H2,2-4H3. The van der Waals surface area contributed by atoms with Crippen LogP contribution in [0.4, 0.5) is 0 Å². The van der Waals surface area contributed by atoms with Crippen LogP contribution >= 0.6 is 0 Å². The van der Waals surface area contributed by atoms with Crippen molar-refractivity contribution in [2.45, 2.75) is 20.8 Å². The summed E-state index contributed by atoms with van der Waals surface area (Å²) < 4.78 is 5.76. The maximum atomic E-state index is 5.76. The lowest BCUT2D eigenvalue weighted by Crippen LogP contribution is -1.97. The first kappa shape index (κ1) is 13.4. The maximum Gasteiger partial charge on any atom is 0.127 e. The SMILES string of the molecule is C=CCOc1ccccc1-c1c(C)cc(C)cc1C. The molecule has 0 fully saturated rings. The third-order valence-electron chi connectivity index (χ3n) is 3.19. The van der Waals surface area contributed by atoms with Crippen LogP contribution < -0.4 is 4.74 Å². The summed E-state index contributed by atoms with van der Waals surface area (Å²) in [5.41, 5.74) is 6.28. The van der Waals surface area contributed by atoms with E-state index in [2.05, 4.69) is 51.6 Å². The van der Waals surface area contributed by atoms with Gasteiger partial charge in [-0.05, 0) is 43.5 Å². The van der Waals surface area contributed by atoms with Gasteiger partial charge in [0.1, 0.15) is 12.4 Å². The number of rotatable bonds is 4. The van der Waals surface area contributed by atoms with Crippen LogP contribution in [0.1, 0.15) is 16.7 Å². The van der Waals surface area contributed by atoms with Crippen LogP contribution in [0.2, 0.25) is 0 Å². The second kappa shape index (κ2) is 5.75. The van der Waals surface area contributed by atoms with E-state index >= 15 is 0 Å². The van der Waals surface area contributed by atoms with Gasteiger partial charge in [0.2, 0.25) is 0 Å². The Labute approximate surface area is 115 Å². The van der Waals surface area contributed by atoms with E-state index in [1.165, 1.54) is 22.3 Å². The average Bonchev–Trinajstić information content (AvgIpc) is 2.36. The lowest BCUT2D eigenvalue weighted by atomic mass is 9.93. The summed E-state index contributed by atoms with van der Waals surface area (Å²) in [5, 5.41) is 0. The van der Waals surface area contributed by atoms with Crippen LogP contribution in [0.25, 0.3) is 11.1 Å². The van der Waals surface area contributed by atoms with E-state index in [1.807, 2.05) is 12.1 Å². The molecule has 0 N–H and O–H groups in total. The molecule has 0 aliphatic heterocycles. The zero-order chi connectivity index (χ0) is 13.8. The number of hydrogen-bond donors (Lipinski definition) is 0. The number of para-hydroxylation sites is 1. The largest absolute Gasteiger partial charge is 0.489 e. The van der Waals surface area contributed by atoms with Crippen LogP contribution in [0, 0.1) is 20.8 Å². The van der Waals surface area contributed by atoms with E-state index < -0.39 is 0 Å². The van der Waals surface area contributed by atoms with Crippen molar-refractivity contribution in [2.75, 3.05) is 6.61 Å². The number of aryl methyl sites for hydroxylation is 3. The van der Waals surface area contributed by atoms with Gasteiger partial charge in [0.15, 0.2) is 0 Å². The van der Waals surface area contributed by atoms with Crippen molar-refractivity contribution in [1.82, 2.24) is 0 Å². The first-order chi connectivity index (χ1) is 9.13.